The van der Waals surface area contributed by atoms with Crippen LogP contribution in [0.4, 0.5) is 5.69 Å². The number of thiophene rings is 1. The average molecular weight is 359 g/mol. The van der Waals surface area contributed by atoms with Gasteiger partial charge in [0.05, 0.1) is 23.4 Å². The summed E-state index contributed by atoms with van der Waals surface area (Å²) in [4.78, 5) is 24.7. The van der Waals surface area contributed by atoms with Crippen molar-refractivity contribution in [1.82, 2.24) is 15.3 Å². The molecule has 3 heterocycles. The summed E-state index contributed by atoms with van der Waals surface area (Å²) in [6.45, 7) is 4.85. The molecule has 2 aromatic heterocycles. The second-order valence-corrected chi connectivity index (χ2v) is 6.71. The molecule has 0 aliphatic carbocycles. The van der Waals surface area contributed by atoms with Crippen molar-refractivity contribution in [2.24, 2.45) is 10.7 Å². The number of nitrogens with one attached hydrogen (secondary N) is 1. The van der Waals surface area contributed by atoms with Gasteiger partial charge in [0.2, 0.25) is 0 Å². The van der Waals surface area contributed by atoms with E-state index in [0.29, 0.717) is 31.0 Å². The Hall–Kier alpha value is -2.45. The number of rotatable bonds is 6. The van der Waals surface area contributed by atoms with Crippen molar-refractivity contribution >= 4 is 34.8 Å². The number of H-pyrrole nitrogens is 1. The van der Waals surface area contributed by atoms with Gasteiger partial charge >= 0.3 is 0 Å². The molecule has 8 heteroatoms. The fraction of sp³-hybridized carbons (Fsp3) is 0.353. The van der Waals surface area contributed by atoms with Crippen molar-refractivity contribution in [3.05, 3.63) is 28.9 Å². The van der Waals surface area contributed by atoms with Gasteiger partial charge in [0.25, 0.3) is 5.91 Å². The molecule has 0 aromatic carbocycles. The van der Waals surface area contributed by atoms with E-state index in [9.17, 15) is 4.79 Å². The number of aromatic nitrogens is 2. The molecule has 3 N–H and O–H groups in total. The molecule has 0 saturated carbocycles. The molecule has 0 fully saturated rings. The Morgan fingerprint density at radius 1 is 1.48 bits per heavy atom. The van der Waals surface area contributed by atoms with Crippen molar-refractivity contribution < 1.29 is 9.63 Å². The molecule has 0 atom stereocenters. The molecular formula is C17H21N5O2S. The number of aromatic amines is 1. The third kappa shape index (κ3) is 3.80. The maximum absolute atomic E-state index is 12.8. The van der Waals surface area contributed by atoms with E-state index in [1.54, 1.807) is 17.5 Å². The predicted molar refractivity (Wildman–Crippen MR) is 99.4 cm³/mol. The second kappa shape index (κ2) is 7.62. The Morgan fingerprint density at radius 3 is 3.00 bits per heavy atom. The summed E-state index contributed by atoms with van der Waals surface area (Å²) in [5.41, 5.74) is 8.38. The highest BCUT2D eigenvalue weighted by atomic mass is 32.1. The number of hydrogen-bond donors (Lipinski definition) is 2. The van der Waals surface area contributed by atoms with Crippen LogP contribution in [0.5, 0.6) is 0 Å². The lowest BCUT2D eigenvalue weighted by Crippen LogP contribution is -2.34. The Morgan fingerprint density at radius 2 is 2.32 bits per heavy atom. The lowest BCUT2D eigenvalue weighted by Gasteiger charge is -2.21. The van der Waals surface area contributed by atoms with Crippen molar-refractivity contribution in [3.63, 3.8) is 0 Å². The average Bonchev–Trinajstić information content (AvgIpc) is 3.21. The van der Waals surface area contributed by atoms with Crippen LogP contribution in [0.2, 0.25) is 0 Å². The van der Waals surface area contributed by atoms with Gasteiger partial charge in [-0.3, -0.25) is 14.7 Å². The first-order valence-corrected chi connectivity index (χ1v) is 9.05. The molecule has 2 aromatic rings. The number of hydrogen-bond acceptors (Lipinski definition) is 6. The first-order valence-electron chi connectivity index (χ1n) is 8.23. The summed E-state index contributed by atoms with van der Waals surface area (Å²) >= 11 is 1.56. The van der Waals surface area contributed by atoms with Crippen LogP contribution in [-0.4, -0.2) is 40.2 Å². The standard InChI is InChI=1S/C17H21N5O2S/c1-3-5-22(24-4-2)17(23)11-6-15-13(21-16(18)7-11)8-14(25-15)12-9-19-20-10-12/h6,8-10H,3-5,7H2,1-2H3,(H2,18,21)(H,19,20). The minimum absolute atomic E-state index is 0.159. The number of hydroxylamine groups is 2. The van der Waals surface area contributed by atoms with E-state index in [1.807, 2.05) is 32.2 Å². The van der Waals surface area contributed by atoms with Crippen LogP contribution in [0.1, 0.15) is 31.6 Å². The quantitative estimate of drug-likeness (QED) is 0.775. The Kier molecular flexibility index (Phi) is 5.30. The van der Waals surface area contributed by atoms with E-state index in [4.69, 9.17) is 10.6 Å². The molecule has 7 nitrogen and oxygen atoms in total. The number of amides is 1. The zero-order valence-electron chi connectivity index (χ0n) is 14.3. The lowest BCUT2D eigenvalue weighted by molar-refractivity contribution is -0.180. The lowest BCUT2D eigenvalue weighted by atomic mass is 10.1. The zero-order chi connectivity index (χ0) is 17.8. The highest BCUT2D eigenvalue weighted by molar-refractivity contribution is 7.17. The summed E-state index contributed by atoms with van der Waals surface area (Å²) in [6.07, 6.45) is 6.58. The van der Waals surface area contributed by atoms with Gasteiger partial charge in [0, 0.05) is 35.2 Å². The Labute approximate surface area is 150 Å². The molecule has 132 valence electrons. The largest absolute Gasteiger partial charge is 0.387 e. The molecule has 1 aliphatic rings. The molecule has 1 aliphatic heterocycles. The normalized spacial score (nSPS) is 13.7. The van der Waals surface area contributed by atoms with E-state index in [-0.39, 0.29) is 5.91 Å². The van der Waals surface area contributed by atoms with Gasteiger partial charge < -0.3 is 5.73 Å². The molecular weight excluding hydrogens is 338 g/mol. The molecule has 0 spiro atoms. The maximum atomic E-state index is 12.8. The number of fused-ring (bicyclic) bond motifs is 1. The topological polar surface area (TPSA) is 96.6 Å². The third-order valence-electron chi connectivity index (χ3n) is 3.68. The Bertz CT molecular complexity index is 801. The Balaban J connectivity index is 1.95. The fourth-order valence-electron chi connectivity index (χ4n) is 2.59. The van der Waals surface area contributed by atoms with Crippen molar-refractivity contribution in [2.75, 3.05) is 13.2 Å². The SMILES string of the molecule is CCCN(OCC)C(=O)C1=Cc2sc(-c3cn[nH]c3)cc2N=C(N)C1. The van der Waals surface area contributed by atoms with Gasteiger partial charge in [-0.25, -0.2) is 10.1 Å². The van der Waals surface area contributed by atoms with Crippen LogP contribution in [0.3, 0.4) is 0 Å². The summed E-state index contributed by atoms with van der Waals surface area (Å²) in [5, 5.41) is 8.19. The van der Waals surface area contributed by atoms with Crippen molar-refractivity contribution in [1.29, 1.82) is 0 Å². The minimum atomic E-state index is -0.159. The molecule has 0 saturated heterocycles. The predicted octanol–water partition coefficient (Wildman–Crippen LogP) is 3.10. The van der Waals surface area contributed by atoms with E-state index in [1.165, 1.54) is 5.06 Å². The number of aliphatic imine (C=N–C) groups is 1. The summed E-state index contributed by atoms with van der Waals surface area (Å²) in [6, 6.07) is 1.97. The van der Waals surface area contributed by atoms with E-state index < -0.39 is 0 Å². The van der Waals surface area contributed by atoms with Crippen LogP contribution in [0, 0.1) is 0 Å². The summed E-state index contributed by atoms with van der Waals surface area (Å²) < 4.78 is 0. The first-order chi connectivity index (χ1) is 12.1. The van der Waals surface area contributed by atoms with Gasteiger partial charge in [0.15, 0.2) is 0 Å². The van der Waals surface area contributed by atoms with Crippen molar-refractivity contribution in [3.8, 4) is 10.4 Å². The molecule has 0 unspecified atom stereocenters. The van der Waals surface area contributed by atoms with Crippen LogP contribution >= 0.6 is 11.3 Å². The highest BCUT2D eigenvalue weighted by Crippen LogP contribution is 2.39. The summed E-state index contributed by atoms with van der Waals surface area (Å²) in [5.74, 6) is 0.260. The molecule has 25 heavy (non-hydrogen) atoms. The van der Waals surface area contributed by atoms with Crippen LogP contribution in [0.15, 0.2) is 29.0 Å². The first kappa shape index (κ1) is 17.4. The van der Waals surface area contributed by atoms with Crippen LogP contribution in [0.25, 0.3) is 16.5 Å². The zero-order valence-corrected chi connectivity index (χ0v) is 15.1. The number of carbonyl (C=O) groups excluding carboxylic acids is 1. The molecule has 0 radical (unpaired) electrons. The van der Waals surface area contributed by atoms with Crippen LogP contribution in [-0.2, 0) is 9.63 Å². The number of nitrogens with two attached hydrogens (primary N) is 1. The smallest absolute Gasteiger partial charge is 0.273 e. The van der Waals surface area contributed by atoms with Gasteiger partial charge in [-0.2, -0.15) is 5.10 Å². The van der Waals surface area contributed by atoms with Gasteiger partial charge in [0.1, 0.15) is 5.84 Å². The number of nitrogens with zero attached hydrogens (tertiary/aromatic N) is 3. The third-order valence-corrected chi connectivity index (χ3v) is 4.80. The van der Waals surface area contributed by atoms with Crippen molar-refractivity contribution in [2.45, 2.75) is 26.7 Å². The molecule has 3 rings (SSSR count). The molecule has 0 bridgehead atoms. The van der Waals surface area contributed by atoms with Crippen LogP contribution < -0.4 is 5.73 Å². The monoisotopic (exact) mass is 359 g/mol. The summed E-state index contributed by atoms with van der Waals surface area (Å²) in [7, 11) is 0. The van der Waals surface area contributed by atoms with Gasteiger partial charge in [-0.1, -0.05) is 6.92 Å². The van der Waals surface area contributed by atoms with Gasteiger partial charge in [-0.05, 0) is 25.5 Å². The van der Waals surface area contributed by atoms with E-state index in [0.717, 1.165) is 27.4 Å². The molecule has 1 amide bonds. The maximum Gasteiger partial charge on any atom is 0.273 e. The minimum Gasteiger partial charge on any atom is -0.387 e. The number of amidine groups is 1. The highest BCUT2D eigenvalue weighted by Gasteiger charge is 2.23. The van der Waals surface area contributed by atoms with E-state index >= 15 is 0 Å². The second-order valence-electron chi connectivity index (χ2n) is 5.62. The van der Waals surface area contributed by atoms with Gasteiger partial charge in [-0.15, -0.1) is 11.3 Å². The fourth-order valence-corrected chi connectivity index (χ4v) is 3.64. The number of carbonyl (C=O) groups is 1. The van der Waals surface area contributed by atoms with E-state index in [2.05, 4.69) is 15.2 Å².